The van der Waals surface area contributed by atoms with Gasteiger partial charge < -0.3 is 5.32 Å². The van der Waals surface area contributed by atoms with Crippen molar-refractivity contribution in [1.82, 2.24) is 24.3 Å². The number of nitrogens with zero attached hydrogens (tertiary/aromatic N) is 4. The fourth-order valence-corrected chi connectivity index (χ4v) is 3.20. The molecule has 3 heterocycles. The van der Waals surface area contributed by atoms with Crippen molar-refractivity contribution in [3.05, 3.63) is 50.9 Å². The zero-order valence-electron chi connectivity index (χ0n) is 13.9. The van der Waals surface area contributed by atoms with Crippen molar-refractivity contribution in [1.29, 1.82) is 0 Å². The van der Waals surface area contributed by atoms with Gasteiger partial charge in [0, 0.05) is 26.1 Å². The quantitative estimate of drug-likeness (QED) is 0.678. The van der Waals surface area contributed by atoms with Crippen LogP contribution in [0.2, 0.25) is 0 Å². The molecule has 25 heavy (non-hydrogen) atoms. The van der Waals surface area contributed by atoms with E-state index in [1.54, 1.807) is 15.3 Å². The lowest BCUT2D eigenvalue weighted by molar-refractivity contribution is 0.510. The molecule has 1 aliphatic rings. The summed E-state index contributed by atoms with van der Waals surface area (Å²) in [6.45, 7) is 1.91. The van der Waals surface area contributed by atoms with Crippen LogP contribution in [0, 0.1) is 0 Å². The van der Waals surface area contributed by atoms with Gasteiger partial charge in [0.2, 0.25) is 5.95 Å². The first kappa shape index (κ1) is 15.6. The normalized spacial score (nSPS) is 13.8. The number of hydrogen-bond donors (Lipinski definition) is 2. The van der Waals surface area contributed by atoms with Crippen LogP contribution in [0.25, 0.3) is 10.9 Å². The molecule has 0 bridgehead atoms. The largest absolute Gasteiger partial charge is 0.356 e. The Bertz CT molecular complexity index is 1020. The maximum Gasteiger partial charge on any atom is 0.345 e. The van der Waals surface area contributed by atoms with Gasteiger partial charge in [-0.3, -0.25) is 14.3 Å². The molecule has 0 aliphatic carbocycles. The molecule has 2 aromatic heterocycles. The Balaban J connectivity index is 1.39. The summed E-state index contributed by atoms with van der Waals surface area (Å²) in [4.78, 5) is 31.4. The van der Waals surface area contributed by atoms with Crippen LogP contribution < -0.4 is 16.6 Å². The molecule has 130 valence electrons. The van der Waals surface area contributed by atoms with Crippen LogP contribution in [0.3, 0.4) is 0 Å². The molecule has 0 fully saturated rings. The Morgan fingerprint density at radius 3 is 2.96 bits per heavy atom. The number of aryl methyl sites for hydroxylation is 2. The molecule has 0 radical (unpaired) electrons. The van der Waals surface area contributed by atoms with Gasteiger partial charge in [0.05, 0.1) is 10.9 Å². The van der Waals surface area contributed by atoms with Gasteiger partial charge in [-0.15, -0.1) is 0 Å². The Kier molecular flexibility index (Phi) is 4.09. The van der Waals surface area contributed by atoms with Crippen molar-refractivity contribution in [2.75, 3.05) is 11.9 Å². The third-order valence-corrected chi connectivity index (χ3v) is 4.48. The Morgan fingerprint density at radius 2 is 2.08 bits per heavy atom. The summed E-state index contributed by atoms with van der Waals surface area (Å²) >= 11 is 0. The number of benzene rings is 1. The van der Waals surface area contributed by atoms with Crippen LogP contribution in [0.15, 0.2) is 33.9 Å². The van der Waals surface area contributed by atoms with Crippen molar-refractivity contribution < 1.29 is 0 Å². The van der Waals surface area contributed by atoms with Gasteiger partial charge in [0.1, 0.15) is 5.82 Å². The average Bonchev–Trinajstić information content (AvgIpc) is 2.95. The summed E-state index contributed by atoms with van der Waals surface area (Å²) in [6, 6.07) is 7.23. The molecule has 4 rings (SSSR count). The second kappa shape index (κ2) is 6.54. The van der Waals surface area contributed by atoms with E-state index < -0.39 is 0 Å². The smallest absolute Gasteiger partial charge is 0.345 e. The number of fused-ring (bicyclic) bond motifs is 2. The summed E-state index contributed by atoms with van der Waals surface area (Å²) < 4.78 is 3.32. The molecule has 0 spiro atoms. The van der Waals surface area contributed by atoms with Crippen LogP contribution in [0.5, 0.6) is 0 Å². The van der Waals surface area contributed by atoms with Crippen LogP contribution in [0.1, 0.15) is 25.1 Å². The number of aromatic amines is 1. The van der Waals surface area contributed by atoms with Crippen molar-refractivity contribution in [3.63, 3.8) is 0 Å². The minimum atomic E-state index is -0.161. The lowest BCUT2D eigenvalue weighted by atomic mass is 10.2. The van der Waals surface area contributed by atoms with Gasteiger partial charge in [-0.25, -0.2) is 14.5 Å². The number of rotatable bonds is 5. The zero-order chi connectivity index (χ0) is 17.2. The molecule has 0 atom stereocenters. The predicted molar refractivity (Wildman–Crippen MR) is 94.9 cm³/mol. The van der Waals surface area contributed by atoms with E-state index in [0.29, 0.717) is 36.4 Å². The Morgan fingerprint density at radius 1 is 1.20 bits per heavy atom. The van der Waals surface area contributed by atoms with E-state index in [4.69, 9.17) is 0 Å². The van der Waals surface area contributed by atoms with Crippen LogP contribution in [-0.2, 0) is 19.5 Å². The third-order valence-electron chi connectivity index (χ3n) is 4.48. The first-order valence-electron chi connectivity index (χ1n) is 8.62. The molecule has 0 unspecified atom stereocenters. The van der Waals surface area contributed by atoms with E-state index in [-0.39, 0.29) is 11.2 Å². The molecule has 1 aromatic carbocycles. The molecule has 8 nitrogen and oxygen atoms in total. The summed E-state index contributed by atoms with van der Waals surface area (Å²) in [5.74, 6) is 1.34. The van der Waals surface area contributed by atoms with E-state index in [9.17, 15) is 9.59 Å². The molecule has 3 aromatic rings. The fraction of sp³-hybridized carbons (Fsp3) is 0.412. The highest BCUT2D eigenvalue weighted by atomic mass is 16.2. The maximum atomic E-state index is 12.3. The summed E-state index contributed by atoms with van der Waals surface area (Å²) in [7, 11) is 0. The summed E-state index contributed by atoms with van der Waals surface area (Å²) in [5, 5.41) is 8.10. The first-order chi connectivity index (χ1) is 12.2. The second-order valence-electron chi connectivity index (χ2n) is 6.24. The van der Waals surface area contributed by atoms with Gasteiger partial charge in [-0.2, -0.15) is 5.10 Å². The van der Waals surface area contributed by atoms with Crippen LogP contribution >= 0.6 is 0 Å². The molecule has 2 N–H and O–H groups in total. The molecule has 0 amide bonds. The van der Waals surface area contributed by atoms with Crippen molar-refractivity contribution in [2.45, 2.75) is 38.8 Å². The molecule has 0 saturated heterocycles. The van der Waals surface area contributed by atoms with E-state index in [2.05, 4.69) is 20.4 Å². The van der Waals surface area contributed by atoms with E-state index in [1.807, 2.05) is 18.2 Å². The number of anilines is 1. The topological polar surface area (TPSA) is 97.6 Å². The van der Waals surface area contributed by atoms with Gasteiger partial charge in [-0.05, 0) is 31.4 Å². The van der Waals surface area contributed by atoms with Crippen LogP contribution in [0.4, 0.5) is 5.95 Å². The van der Waals surface area contributed by atoms with Gasteiger partial charge in [-0.1, -0.05) is 12.1 Å². The summed E-state index contributed by atoms with van der Waals surface area (Å²) in [6.07, 6.45) is 3.73. The summed E-state index contributed by atoms with van der Waals surface area (Å²) in [5.41, 5.74) is 0.477. The average molecular weight is 340 g/mol. The Hall–Kier alpha value is -2.90. The molecular formula is C17H20N6O2. The number of para-hydroxylation sites is 1. The standard InChI is InChI=1S/C17H20N6O2/c24-15-12-6-1-2-7-13(12)19-16(20-15)18-9-5-11-23-17(25)22-10-4-3-8-14(22)21-23/h1-2,6-7H,3-5,8-11H2,(H2,18,19,20,24). The molecule has 8 heteroatoms. The number of H-pyrrole nitrogens is 1. The first-order valence-corrected chi connectivity index (χ1v) is 8.62. The van der Waals surface area contributed by atoms with Gasteiger partial charge >= 0.3 is 5.69 Å². The third kappa shape index (κ3) is 3.07. The van der Waals surface area contributed by atoms with Crippen molar-refractivity contribution in [3.8, 4) is 0 Å². The van der Waals surface area contributed by atoms with E-state index >= 15 is 0 Å². The molecule has 0 saturated carbocycles. The number of aromatic nitrogens is 5. The minimum Gasteiger partial charge on any atom is -0.356 e. The minimum absolute atomic E-state index is 0.0214. The van der Waals surface area contributed by atoms with Crippen LogP contribution in [-0.4, -0.2) is 30.9 Å². The van der Waals surface area contributed by atoms with Crippen molar-refractivity contribution in [2.24, 2.45) is 0 Å². The lowest BCUT2D eigenvalue weighted by Crippen LogP contribution is -2.27. The monoisotopic (exact) mass is 340 g/mol. The highest BCUT2D eigenvalue weighted by Gasteiger charge is 2.16. The van der Waals surface area contributed by atoms with E-state index in [1.165, 1.54) is 0 Å². The highest BCUT2D eigenvalue weighted by molar-refractivity contribution is 5.78. The molecule has 1 aliphatic heterocycles. The predicted octanol–water partition coefficient (Wildman–Crippen LogP) is 1.12. The lowest BCUT2D eigenvalue weighted by Gasteiger charge is -2.09. The number of hydrogen-bond acceptors (Lipinski definition) is 5. The van der Waals surface area contributed by atoms with Gasteiger partial charge in [0.15, 0.2) is 0 Å². The fourth-order valence-electron chi connectivity index (χ4n) is 3.20. The second-order valence-corrected chi connectivity index (χ2v) is 6.24. The Labute approximate surface area is 143 Å². The van der Waals surface area contributed by atoms with Gasteiger partial charge in [0.25, 0.3) is 5.56 Å². The zero-order valence-corrected chi connectivity index (χ0v) is 13.9. The maximum absolute atomic E-state index is 12.3. The number of nitrogens with one attached hydrogen (secondary N) is 2. The highest BCUT2D eigenvalue weighted by Crippen LogP contribution is 2.10. The van der Waals surface area contributed by atoms with E-state index in [0.717, 1.165) is 31.6 Å². The molecular weight excluding hydrogens is 320 g/mol. The SMILES string of the molecule is O=c1[nH]c(NCCCn2nc3n(c2=O)CCCC3)nc2ccccc12. The van der Waals surface area contributed by atoms with Crippen molar-refractivity contribution >= 4 is 16.9 Å².